The summed E-state index contributed by atoms with van der Waals surface area (Å²) in [5.74, 6) is 0. The number of nitrogens with zero attached hydrogens (tertiary/aromatic N) is 1. The molecule has 1 fully saturated rings. The summed E-state index contributed by atoms with van der Waals surface area (Å²) in [7, 11) is 0. The van der Waals surface area contributed by atoms with Crippen LogP contribution in [0.2, 0.25) is 5.02 Å². The Kier molecular flexibility index (Phi) is 2.70. The van der Waals surface area contributed by atoms with Crippen LogP contribution in [-0.2, 0) is 11.2 Å². The molecule has 0 amide bonds. The standard InChI is InChI=1S/C10H10ClNO2/c11-9-2-1-7(5-12-13)8(3-9)4-10-6-14-10/h1-3,5,10,13H,4,6H2. The fourth-order valence-corrected chi connectivity index (χ4v) is 1.57. The van der Waals surface area contributed by atoms with Crippen LogP contribution in [0.15, 0.2) is 23.4 Å². The van der Waals surface area contributed by atoms with E-state index in [-0.39, 0.29) is 0 Å². The number of halogens is 1. The quantitative estimate of drug-likeness (QED) is 0.360. The predicted octanol–water partition coefficient (Wildman–Crippen LogP) is 2.09. The highest BCUT2D eigenvalue weighted by Gasteiger charge is 2.23. The highest BCUT2D eigenvalue weighted by molar-refractivity contribution is 6.30. The molecule has 1 heterocycles. The lowest BCUT2D eigenvalue weighted by Gasteiger charge is -2.03. The summed E-state index contributed by atoms with van der Waals surface area (Å²) in [6.45, 7) is 0.808. The largest absolute Gasteiger partial charge is 0.411 e. The lowest BCUT2D eigenvalue weighted by Crippen LogP contribution is -1.98. The minimum Gasteiger partial charge on any atom is -0.411 e. The zero-order chi connectivity index (χ0) is 9.97. The Morgan fingerprint density at radius 1 is 1.64 bits per heavy atom. The topological polar surface area (TPSA) is 45.1 Å². The van der Waals surface area contributed by atoms with E-state index in [1.165, 1.54) is 6.21 Å². The zero-order valence-electron chi connectivity index (χ0n) is 7.48. The lowest BCUT2D eigenvalue weighted by atomic mass is 10.0. The van der Waals surface area contributed by atoms with E-state index in [2.05, 4.69) is 5.16 Å². The molecule has 1 aliphatic rings. The van der Waals surface area contributed by atoms with E-state index in [4.69, 9.17) is 21.5 Å². The summed E-state index contributed by atoms with van der Waals surface area (Å²) >= 11 is 5.87. The Labute approximate surface area is 86.9 Å². The smallest absolute Gasteiger partial charge is 0.0850 e. The Morgan fingerprint density at radius 3 is 3.07 bits per heavy atom. The van der Waals surface area contributed by atoms with Crippen molar-refractivity contribution in [3.63, 3.8) is 0 Å². The molecule has 1 atom stereocenters. The van der Waals surface area contributed by atoms with E-state index in [9.17, 15) is 0 Å². The van der Waals surface area contributed by atoms with Gasteiger partial charge in [-0.15, -0.1) is 0 Å². The SMILES string of the molecule is ON=Cc1ccc(Cl)cc1CC1CO1. The van der Waals surface area contributed by atoms with Gasteiger partial charge in [0.05, 0.1) is 18.9 Å². The van der Waals surface area contributed by atoms with E-state index in [0.717, 1.165) is 24.2 Å². The number of oxime groups is 1. The maximum Gasteiger partial charge on any atom is 0.0850 e. The highest BCUT2D eigenvalue weighted by Crippen LogP contribution is 2.21. The average Bonchev–Trinajstić information content (AvgIpc) is 2.94. The first kappa shape index (κ1) is 9.49. The van der Waals surface area contributed by atoms with E-state index in [0.29, 0.717) is 11.1 Å². The molecule has 1 unspecified atom stereocenters. The predicted molar refractivity (Wildman–Crippen MR) is 54.3 cm³/mol. The second kappa shape index (κ2) is 3.98. The first-order valence-electron chi connectivity index (χ1n) is 4.37. The summed E-state index contributed by atoms with van der Waals surface area (Å²) in [6, 6.07) is 5.48. The highest BCUT2D eigenvalue weighted by atomic mass is 35.5. The maximum atomic E-state index is 8.47. The van der Waals surface area contributed by atoms with Crippen molar-refractivity contribution in [3.05, 3.63) is 34.3 Å². The Balaban J connectivity index is 2.26. The molecule has 14 heavy (non-hydrogen) atoms. The number of hydrogen-bond donors (Lipinski definition) is 1. The Hall–Kier alpha value is -1.06. The van der Waals surface area contributed by atoms with E-state index >= 15 is 0 Å². The van der Waals surface area contributed by atoms with Gasteiger partial charge in [-0.2, -0.15) is 0 Å². The molecule has 0 aliphatic carbocycles. The molecule has 4 heteroatoms. The van der Waals surface area contributed by atoms with Crippen LogP contribution in [0.4, 0.5) is 0 Å². The van der Waals surface area contributed by atoms with E-state index < -0.39 is 0 Å². The van der Waals surface area contributed by atoms with Gasteiger partial charge in [-0.25, -0.2) is 0 Å². The van der Waals surface area contributed by atoms with Crippen molar-refractivity contribution in [3.8, 4) is 0 Å². The summed E-state index contributed by atoms with van der Waals surface area (Å²) in [5.41, 5.74) is 1.94. The van der Waals surface area contributed by atoms with Crippen LogP contribution in [0, 0.1) is 0 Å². The van der Waals surface area contributed by atoms with Crippen molar-refractivity contribution in [2.24, 2.45) is 5.16 Å². The Bertz CT molecular complexity index is 361. The molecule has 1 N–H and O–H groups in total. The molecule has 0 spiro atoms. The van der Waals surface area contributed by atoms with Crippen LogP contribution in [0.5, 0.6) is 0 Å². The summed E-state index contributed by atoms with van der Waals surface area (Å²) in [6.07, 6.45) is 2.54. The average molecular weight is 212 g/mol. The molecule has 0 aromatic heterocycles. The van der Waals surface area contributed by atoms with E-state index in [1.54, 1.807) is 6.07 Å². The monoisotopic (exact) mass is 211 g/mol. The van der Waals surface area contributed by atoms with Gasteiger partial charge >= 0.3 is 0 Å². The van der Waals surface area contributed by atoms with Gasteiger partial charge in [-0.05, 0) is 23.3 Å². The number of epoxide rings is 1. The molecular formula is C10H10ClNO2. The van der Waals surface area contributed by atoms with Gasteiger partial charge in [0.1, 0.15) is 0 Å². The summed E-state index contributed by atoms with van der Waals surface area (Å²) in [4.78, 5) is 0. The third-order valence-corrected chi connectivity index (χ3v) is 2.39. The second-order valence-corrected chi connectivity index (χ2v) is 3.68. The molecule has 2 rings (SSSR count). The minimum atomic E-state index is 0.305. The van der Waals surface area contributed by atoms with Gasteiger partial charge in [0, 0.05) is 11.4 Å². The van der Waals surface area contributed by atoms with Crippen molar-refractivity contribution >= 4 is 17.8 Å². The first-order chi connectivity index (χ1) is 6.79. The number of hydrogen-bond acceptors (Lipinski definition) is 3. The minimum absolute atomic E-state index is 0.305. The van der Waals surface area contributed by atoms with Crippen LogP contribution in [0.25, 0.3) is 0 Å². The van der Waals surface area contributed by atoms with Crippen LogP contribution >= 0.6 is 11.6 Å². The van der Waals surface area contributed by atoms with Crippen molar-refractivity contribution in [1.29, 1.82) is 0 Å². The Morgan fingerprint density at radius 2 is 2.43 bits per heavy atom. The molecule has 0 radical (unpaired) electrons. The van der Waals surface area contributed by atoms with Gasteiger partial charge in [-0.1, -0.05) is 22.8 Å². The normalized spacial score (nSPS) is 20.2. The van der Waals surface area contributed by atoms with Crippen molar-refractivity contribution in [2.75, 3.05) is 6.61 Å². The second-order valence-electron chi connectivity index (χ2n) is 3.25. The lowest BCUT2D eigenvalue weighted by molar-refractivity contribution is 0.322. The molecular weight excluding hydrogens is 202 g/mol. The van der Waals surface area contributed by atoms with Crippen LogP contribution in [-0.4, -0.2) is 24.1 Å². The molecule has 1 aliphatic heterocycles. The fraction of sp³-hybridized carbons (Fsp3) is 0.300. The number of ether oxygens (including phenoxy) is 1. The molecule has 3 nitrogen and oxygen atoms in total. The van der Waals surface area contributed by atoms with Crippen molar-refractivity contribution in [2.45, 2.75) is 12.5 Å². The zero-order valence-corrected chi connectivity index (χ0v) is 8.24. The van der Waals surface area contributed by atoms with Gasteiger partial charge in [0.25, 0.3) is 0 Å². The number of rotatable bonds is 3. The third-order valence-electron chi connectivity index (χ3n) is 2.15. The first-order valence-corrected chi connectivity index (χ1v) is 4.75. The summed E-state index contributed by atoms with van der Waals surface area (Å²) < 4.78 is 5.14. The third kappa shape index (κ3) is 2.25. The number of benzene rings is 1. The van der Waals surface area contributed by atoms with Crippen LogP contribution in [0.3, 0.4) is 0 Å². The molecule has 0 saturated carbocycles. The molecule has 74 valence electrons. The molecule has 1 saturated heterocycles. The molecule has 1 aromatic carbocycles. The van der Waals surface area contributed by atoms with Gasteiger partial charge in [0.2, 0.25) is 0 Å². The van der Waals surface area contributed by atoms with Crippen LogP contribution < -0.4 is 0 Å². The van der Waals surface area contributed by atoms with Crippen molar-refractivity contribution in [1.82, 2.24) is 0 Å². The molecule has 1 aromatic rings. The van der Waals surface area contributed by atoms with Crippen LogP contribution in [0.1, 0.15) is 11.1 Å². The van der Waals surface area contributed by atoms with Gasteiger partial charge in [0.15, 0.2) is 0 Å². The fourth-order valence-electron chi connectivity index (χ4n) is 1.37. The summed E-state index contributed by atoms with van der Waals surface area (Å²) in [5, 5.41) is 12.2. The van der Waals surface area contributed by atoms with Gasteiger partial charge < -0.3 is 9.94 Å². The van der Waals surface area contributed by atoms with Crippen molar-refractivity contribution < 1.29 is 9.94 Å². The molecule has 0 bridgehead atoms. The maximum absolute atomic E-state index is 8.47. The van der Waals surface area contributed by atoms with Gasteiger partial charge in [-0.3, -0.25) is 0 Å². The van der Waals surface area contributed by atoms with E-state index in [1.807, 2.05) is 12.1 Å².